The van der Waals surface area contributed by atoms with E-state index in [2.05, 4.69) is 5.32 Å². The lowest BCUT2D eigenvalue weighted by Gasteiger charge is -2.12. The smallest absolute Gasteiger partial charge is 0.311 e. The van der Waals surface area contributed by atoms with Crippen LogP contribution in [0.5, 0.6) is 0 Å². The zero-order valence-electron chi connectivity index (χ0n) is 15.0. The van der Waals surface area contributed by atoms with Crippen LogP contribution in [0.25, 0.3) is 11.0 Å². The molecule has 26 heavy (non-hydrogen) atoms. The van der Waals surface area contributed by atoms with Crippen molar-refractivity contribution in [2.75, 3.05) is 0 Å². The minimum absolute atomic E-state index is 0.0469. The van der Waals surface area contributed by atoms with Crippen molar-refractivity contribution in [3.05, 3.63) is 59.2 Å². The van der Waals surface area contributed by atoms with Crippen molar-refractivity contribution >= 4 is 22.8 Å². The molecular weight excluding hydrogens is 334 g/mol. The van der Waals surface area contributed by atoms with Gasteiger partial charge in [0.1, 0.15) is 11.3 Å². The third-order valence-corrected chi connectivity index (χ3v) is 4.30. The Morgan fingerprint density at radius 1 is 1.19 bits per heavy atom. The van der Waals surface area contributed by atoms with Crippen molar-refractivity contribution in [1.29, 1.82) is 0 Å². The number of fused-ring (bicyclic) bond motifs is 1. The molecule has 0 radical (unpaired) electrons. The summed E-state index contributed by atoms with van der Waals surface area (Å²) in [6.07, 6.45) is 2.25. The number of ether oxygens (including phenoxy) is 1. The summed E-state index contributed by atoms with van der Waals surface area (Å²) in [7, 11) is 0. The second-order valence-electron chi connectivity index (χ2n) is 6.30. The number of carbonyl (C=O) groups excluding carboxylic acids is 2. The van der Waals surface area contributed by atoms with Gasteiger partial charge in [0.15, 0.2) is 6.10 Å². The second-order valence-corrected chi connectivity index (χ2v) is 6.30. The first kappa shape index (κ1) is 17.8. The maximum atomic E-state index is 12.2. The highest BCUT2D eigenvalue weighted by Crippen LogP contribution is 2.25. The van der Waals surface area contributed by atoms with E-state index in [9.17, 15) is 9.59 Å². The molecule has 0 aliphatic carbocycles. The molecule has 0 fully saturated rings. The average molecular weight is 355 g/mol. The lowest BCUT2D eigenvalue weighted by Crippen LogP contribution is -2.35. The number of benzene rings is 1. The van der Waals surface area contributed by atoms with Gasteiger partial charge in [0.25, 0.3) is 5.91 Å². The van der Waals surface area contributed by atoms with Crippen molar-refractivity contribution in [3.8, 4) is 0 Å². The number of aryl methyl sites for hydroxylation is 2. The van der Waals surface area contributed by atoms with Gasteiger partial charge in [0, 0.05) is 10.9 Å². The normalized spacial score (nSPS) is 12.1. The Kier molecular flexibility index (Phi) is 5.11. The van der Waals surface area contributed by atoms with Crippen LogP contribution in [0, 0.1) is 13.8 Å². The van der Waals surface area contributed by atoms with Crippen molar-refractivity contribution in [2.45, 2.75) is 39.8 Å². The molecule has 1 atom stereocenters. The van der Waals surface area contributed by atoms with Crippen LogP contribution in [0.3, 0.4) is 0 Å². The van der Waals surface area contributed by atoms with Crippen LogP contribution in [0.1, 0.15) is 29.4 Å². The Labute approximate surface area is 151 Å². The molecule has 6 heteroatoms. The minimum Gasteiger partial charge on any atom is -0.467 e. The maximum absolute atomic E-state index is 12.2. The molecule has 0 aliphatic rings. The first-order chi connectivity index (χ1) is 12.4. The van der Waals surface area contributed by atoms with Crippen LogP contribution in [-0.4, -0.2) is 18.0 Å². The Balaban J connectivity index is 1.58. The number of rotatable bonds is 6. The van der Waals surface area contributed by atoms with Gasteiger partial charge in [0.05, 0.1) is 25.5 Å². The molecule has 0 unspecified atom stereocenters. The van der Waals surface area contributed by atoms with Gasteiger partial charge >= 0.3 is 5.97 Å². The van der Waals surface area contributed by atoms with Crippen LogP contribution >= 0.6 is 0 Å². The van der Waals surface area contributed by atoms with Crippen LogP contribution in [0.15, 0.2) is 45.6 Å². The quantitative estimate of drug-likeness (QED) is 0.685. The summed E-state index contributed by atoms with van der Waals surface area (Å²) in [5.41, 5.74) is 3.73. The highest BCUT2D eigenvalue weighted by Gasteiger charge is 2.19. The number of furan rings is 2. The van der Waals surface area contributed by atoms with E-state index < -0.39 is 12.1 Å². The molecule has 1 N–H and O–H groups in total. The van der Waals surface area contributed by atoms with Gasteiger partial charge in [-0.1, -0.05) is 0 Å². The Hall–Kier alpha value is -3.02. The Morgan fingerprint density at radius 3 is 2.69 bits per heavy atom. The van der Waals surface area contributed by atoms with Crippen molar-refractivity contribution in [2.24, 2.45) is 0 Å². The van der Waals surface area contributed by atoms with Crippen LogP contribution in [0.2, 0.25) is 0 Å². The topological polar surface area (TPSA) is 81.7 Å². The molecule has 1 amide bonds. The van der Waals surface area contributed by atoms with Gasteiger partial charge < -0.3 is 18.9 Å². The first-order valence-corrected chi connectivity index (χ1v) is 8.41. The summed E-state index contributed by atoms with van der Waals surface area (Å²) in [5.74, 6) is -0.225. The molecule has 3 rings (SSSR count). The molecule has 6 nitrogen and oxygen atoms in total. The highest BCUT2D eigenvalue weighted by molar-refractivity contribution is 5.88. The molecule has 0 spiro atoms. The third-order valence-electron chi connectivity index (χ3n) is 4.30. The third kappa shape index (κ3) is 3.96. The van der Waals surface area contributed by atoms with Crippen molar-refractivity contribution < 1.29 is 23.2 Å². The SMILES string of the molecule is Cc1cc2occ(CC(=O)O[C@@H](C)C(=O)NCc3ccco3)c2cc1C. The van der Waals surface area contributed by atoms with E-state index in [0.717, 1.165) is 27.7 Å². The number of hydrogen-bond acceptors (Lipinski definition) is 5. The zero-order valence-corrected chi connectivity index (χ0v) is 15.0. The summed E-state index contributed by atoms with van der Waals surface area (Å²) < 4.78 is 15.9. The van der Waals surface area contributed by atoms with Gasteiger partial charge in [0.2, 0.25) is 0 Å². The van der Waals surface area contributed by atoms with Gasteiger partial charge in [-0.15, -0.1) is 0 Å². The molecule has 2 aromatic heterocycles. The summed E-state index contributed by atoms with van der Waals surface area (Å²) in [6.45, 7) is 5.80. The van der Waals surface area contributed by atoms with E-state index in [0.29, 0.717) is 5.76 Å². The monoisotopic (exact) mass is 355 g/mol. The molecule has 2 heterocycles. The van der Waals surface area contributed by atoms with E-state index in [4.69, 9.17) is 13.6 Å². The summed E-state index contributed by atoms with van der Waals surface area (Å²) in [6, 6.07) is 7.44. The highest BCUT2D eigenvalue weighted by atomic mass is 16.5. The van der Waals surface area contributed by atoms with Crippen LogP contribution < -0.4 is 5.32 Å². The summed E-state index contributed by atoms with van der Waals surface area (Å²) >= 11 is 0. The standard InChI is InChI=1S/C20H21NO5/c1-12-7-17-15(11-25-18(17)8-13(12)2)9-19(22)26-14(3)20(23)21-10-16-5-4-6-24-16/h4-8,11,14H,9-10H2,1-3H3,(H,21,23)/t14-/m0/s1. The lowest BCUT2D eigenvalue weighted by molar-refractivity contribution is -0.154. The number of carbonyl (C=O) groups is 2. The Morgan fingerprint density at radius 2 is 1.96 bits per heavy atom. The molecule has 0 aliphatic heterocycles. The van der Waals surface area contributed by atoms with Gasteiger partial charge in [-0.25, -0.2) is 0 Å². The zero-order chi connectivity index (χ0) is 18.7. The van der Waals surface area contributed by atoms with Crippen molar-refractivity contribution in [1.82, 2.24) is 5.32 Å². The van der Waals surface area contributed by atoms with Crippen molar-refractivity contribution in [3.63, 3.8) is 0 Å². The van der Waals surface area contributed by atoms with Crippen LogP contribution in [0.4, 0.5) is 0 Å². The van der Waals surface area contributed by atoms with E-state index >= 15 is 0 Å². The van der Waals surface area contributed by atoms with Crippen LogP contribution in [-0.2, 0) is 27.3 Å². The lowest BCUT2D eigenvalue weighted by atomic mass is 10.0. The number of nitrogens with one attached hydrogen (secondary N) is 1. The Bertz CT molecular complexity index is 923. The predicted molar refractivity (Wildman–Crippen MR) is 95.5 cm³/mol. The fourth-order valence-corrected chi connectivity index (χ4v) is 2.65. The van der Waals surface area contributed by atoms with Gasteiger partial charge in [-0.3, -0.25) is 9.59 Å². The molecule has 0 bridgehead atoms. The van der Waals surface area contributed by atoms with Gasteiger partial charge in [-0.05, 0) is 56.2 Å². The van der Waals surface area contributed by atoms with E-state index in [1.54, 1.807) is 18.4 Å². The fraction of sp³-hybridized carbons (Fsp3) is 0.300. The first-order valence-electron chi connectivity index (χ1n) is 8.41. The molecule has 136 valence electrons. The summed E-state index contributed by atoms with van der Waals surface area (Å²) in [4.78, 5) is 24.2. The van der Waals surface area contributed by atoms with E-state index in [1.165, 1.54) is 13.2 Å². The van der Waals surface area contributed by atoms with E-state index in [-0.39, 0.29) is 18.9 Å². The molecule has 0 saturated heterocycles. The van der Waals surface area contributed by atoms with Gasteiger partial charge in [-0.2, -0.15) is 0 Å². The maximum Gasteiger partial charge on any atom is 0.311 e. The molecule has 1 aromatic carbocycles. The number of hydrogen-bond donors (Lipinski definition) is 1. The number of esters is 1. The fourth-order valence-electron chi connectivity index (χ4n) is 2.65. The van der Waals surface area contributed by atoms with E-state index in [1.807, 2.05) is 26.0 Å². The molecular formula is C20H21NO5. The molecule has 0 saturated carbocycles. The average Bonchev–Trinajstić information content (AvgIpc) is 3.24. The number of amides is 1. The molecule has 3 aromatic rings. The minimum atomic E-state index is -0.889. The summed E-state index contributed by atoms with van der Waals surface area (Å²) in [5, 5.41) is 3.55. The second kappa shape index (κ2) is 7.47. The predicted octanol–water partition coefficient (Wildman–Crippen LogP) is 3.43. The largest absolute Gasteiger partial charge is 0.467 e.